The molecule has 1 aromatic carbocycles. The zero-order valence-electron chi connectivity index (χ0n) is 10.4. The average Bonchev–Trinajstić information content (AvgIpc) is 2.17. The molecule has 0 aliphatic heterocycles. The summed E-state index contributed by atoms with van der Waals surface area (Å²) in [4.78, 5) is 0. The fraction of sp³-hybridized carbons (Fsp3) is 0.571. The third-order valence-electron chi connectivity index (χ3n) is 3.36. The SMILES string of the molecule is CC(C)Oc1ccc(C(N)C2CCC2)cc1F. The van der Waals surface area contributed by atoms with Crippen molar-refractivity contribution in [1.82, 2.24) is 0 Å². The Labute approximate surface area is 102 Å². The molecule has 1 saturated carbocycles. The van der Waals surface area contributed by atoms with Crippen LogP contribution in [0.15, 0.2) is 18.2 Å². The summed E-state index contributed by atoms with van der Waals surface area (Å²) in [6.45, 7) is 3.76. The van der Waals surface area contributed by atoms with Gasteiger partial charge in [-0.15, -0.1) is 0 Å². The van der Waals surface area contributed by atoms with Crippen molar-refractivity contribution >= 4 is 0 Å². The summed E-state index contributed by atoms with van der Waals surface area (Å²) in [6.07, 6.45) is 3.55. The number of halogens is 1. The van der Waals surface area contributed by atoms with Crippen LogP contribution in [0.4, 0.5) is 4.39 Å². The third kappa shape index (κ3) is 2.78. The molecule has 1 aliphatic carbocycles. The van der Waals surface area contributed by atoms with Crippen molar-refractivity contribution < 1.29 is 9.13 Å². The van der Waals surface area contributed by atoms with Gasteiger partial charge in [-0.05, 0) is 50.3 Å². The van der Waals surface area contributed by atoms with Crippen molar-refractivity contribution in [3.63, 3.8) is 0 Å². The molecule has 0 saturated heterocycles. The van der Waals surface area contributed by atoms with E-state index in [2.05, 4.69) is 0 Å². The molecule has 1 unspecified atom stereocenters. The van der Waals surface area contributed by atoms with Crippen LogP contribution in [-0.2, 0) is 0 Å². The van der Waals surface area contributed by atoms with Crippen LogP contribution in [0.25, 0.3) is 0 Å². The minimum Gasteiger partial charge on any atom is -0.488 e. The van der Waals surface area contributed by atoms with Crippen molar-refractivity contribution in [2.75, 3.05) is 0 Å². The molecular weight excluding hydrogens is 217 g/mol. The lowest BCUT2D eigenvalue weighted by Gasteiger charge is -2.31. The highest BCUT2D eigenvalue weighted by Gasteiger charge is 2.26. The van der Waals surface area contributed by atoms with Crippen molar-refractivity contribution in [1.29, 1.82) is 0 Å². The Balaban J connectivity index is 2.12. The molecule has 17 heavy (non-hydrogen) atoms. The van der Waals surface area contributed by atoms with Crippen LogP contribution in [0.5, 0.6) is 5.75 Å². The molecule has 1 fully saturated rings. The van der Waals surface area contributed by atoms with Crippen molar-refractivity contribution in [2.24, 2.45) is 11.7 Å². The van der Waals surface area contributed by atoms with Crippen LogP contribution in [0.3, 0.4) is 0 Å². The molecule has 2 nitrogen and oxygen atoms in total. The van der Waals surface area contributed by atoms with Gasteiger partial charge in [0, 0.05) is 6.04 Å². The van der Waals surface area contributed by atoms with Gasteiger partial charge < -0.3 is 10.5 Å². The van der Waals surface area contributed by atoms with Gasteiger partial charge in [-0.25, -0.2) is 4.39 Å². The zero-order chi connectivity index (χ0) is 12.4. The fourth-order valence-electron chi connectivity index (χ4n) is 2.15. The lowest BCUT2D eigenvalue weighted by atomic mass is 9.77. The first kappa shape index (κ1) is 12.4. The van der Waals surface area contributed by atoms with E-state index in [4.69, 9.17) is 10.5 Å². The zero-order valence-corrected chi connectivity index (χ0v) is 10.4. The highest BCUT2D eigenvalue weighted by atomic mass is 19.1. The number of ether oxygens (including phenoxy) is 1. The Morgan fingerprint density at radius 3 is 2.53 bits per heavy atom. The van der Waals surface area contributed by atoms with Gasteiger partial charge >= 0.3 is 0 Å². The maximum Gasteiger partial charge on any atom is 0.165 e. The molecule has 0 heterocycles. The first-order valence-corrected chi connectivity index (χ1v) is 6.29. The van der Waals surface area contributed by atoms with Crippen LogP contribution in [0.2, 0.25) is 0 Å². The van der Waals surface area contributed by atoms with E-state index in [1.54, 1.807) is 6.07 Å². The second-order valence-electron chi connectivity index (χ2n) is 5.07. The van der Waals surface area contributed by atoms with Gasteiger partial charge in [0.25, 0.3) is 0 Å². The topological polar surface area (TPSA) is 35.2 Å². The highest BCUT2D eigenvalue weighted by molar-refractivity contribution is 5.31. The number of hydrogen-bond donors (Lipinski definition) is 1. The molecule has 0 radical (unpaired) electrons. The maximum absolute atomic E-state index is 13.8. The first-order valence-electron chi connectivity index (χ1n) is 6.29. The lowest BCUT2D eigenvalue weighted by Crippen LogP contribution is -2.26. The number of rotatable bonds is 4. The summed E-state index contributed by atoms with van der Waals surface area (Å²) in [5.41, 5.74) is 6.99. The molecular formula is C14H20FNO. The van der Waals surface area contributed by atoms with E-state index >= 15 is 0 Å². The molecule has 1 aliphatic rings. The molecule has 0 aromatic heterocycles. The van der Waals surface area contributed by atoms with Crippen molar-refractivity contribution in [3.8, 4) is 5.75 Å². The van der Waals surface area contributed by atoms with E-state index in [1.807, 2.05) is 19.9 Å². The van der Waals surface area contributed by atoms with Gasteiger partial charge in [-0.3, -0.25) is 0 Å². The van der Waals surface area contributed by atoms with Gasteiger partial charge in [0.15, 0.2) is 11.6 Å². The van der Waals surface area contributed by atoms with Crippen LogP contribution < -0.4 is 10.5 Å². The molecule has 2 N–H and O–H groups in total. The van der Waals surface area contributed by atoms with E-state index in [0.29, 0.717) is 11.7 Å². The Kier molecular flexibility index (Phi) is 3.67. The quantitative estimate of drug-likeness (QED) is 0.871. The van der Waals surface area contributed by atoms with E-state index in [1.165, 1.54) is 12.5 Å². The first-order chi connectivity index (χ1) is 8.08. The molecule has 94 valence electrons. The minimum atomic E-state index is -0.314. The average molecular weight is 237 g/mol. The molecule has 3 heteroatoms. The Morgan fingerprint density at radius 1 is 1.35 bits per heavy atom. The number of nitrogens with two attached hydrogens (primary N) is 1. The number of benzene rings is 1. The predicted molar refractivity (Wildman–Crippen MR) is 66.4 cm³/mol. The Morgan fingerprint density at radius 2 is 2.06 bits per heavy atom. The fourth-order valence-corrected chi connectivity index (χ4v) is 2.15. The summed E-state index contributed by atoms with van der Waals surface area (Å²) in [7, 11) is 0. The smallest absolute Gasteiger partial charge is 0.165 e. The van der Waals surface area contributed by atoms with Crippen molar-refractivity contribution in [3.05, 3.63) is 29.6 Å². The van der Waals surface area contributed by atoms with Gasteiger partial charge in [0.1, 0.15) is 0 Å². The van der Waals surface area contributed by atoms with E-state index in [9.17, 15) is 4.39 Å². The second-order valence-corrected chi connectivity index (χ2v) is 5.07. The second kappa shape index (κ2) is 5.05. The molecule has 1 atom stereocenters. The Hall–Kier alpha value is -1.09. The van der Waals surface area contributed by atoms with Gasteiger partial charge in [0.05, 0.1) is 6.10 Å². The predicted octanol–water partition coefficient (Wildman–Crippen LogP) is 3.41. The van der Waals surface area contributed by atoms with Crippen LogP contribution in [-0.4, -0.2) is 6.10 Å². The summed E-state index contributed by atoms with van der Waals surface area (Å²) in [5.74, 6) is 0.516. The molecule has 2 rings (SSSR count). The Bertz CT molecular complexity index is 388. The van der Waals surface area contributed by atoms with Gasteiger partial charge in [0.2, 0.25) is 0 Å². The van der Waals surface area contributed by atoms with E-state index in [0.717, 1.165) is 18.4 Å². The van der Waals surface area contributed by atoms with E-state index < -0.39 is 0 Å². The standard InChI is InChI=1S/C14H20FNO/c1-9(2)17-13-7-6-11(8-12(13)15)14(16)10-4-3-5-10/h6-10,14H,3-5,16H2,1-2H3. The molecule has 1 aromatic rings. The van der Waals surface area contributed by atoms with Crippen LogP contribution >= 0.6 is 0 Å². The highest BCUT2D eigenvalue weighted by Crippen LogP contribution is 2.37. The third-order valence-corrected chi connectivity index (χ3v) is 3.36. The van der Waals surface area contributed by atoms with Gasteiger partial charge in [-0.1, -0.05) is 12.5 Å². The van der Waals surface area contributed by atoms with Gasteiger partial charge in [-0.2, -0.15) is 0 Å². The summed E-state index contributed by atoms with van der Waals surface area (Å²) >= 11 is 0. The minimum absolute atomic E-state index is 0.0179. The van der Waals surface area contributed by atoms with Crippen molar-refractivity contribution in [2.45, 2.75) is 45.3 Å². The summed E-state index contributed by atoms with van der Waals surface area (Å²) < 4.78 is 19.1. The molecule has 0 spiro atoms. The number of hydrogen-bond acceptors (Lipinski definition) is 2. The monoisotopic (exact) mass is 237 g/mol. The lowest BCUT2D eigenvalue weighted by molar-refractivity contribution is 0.230. The maximum atomic E-state index is 13.8. The molecule has 0 amide bonds. The van der Waals surface area contributed by atoms with Crippen LogP contribution in [0, 0.1) is 11.7 Å². The normalized spacial score (nSPS) is 17.9. The van der Waals surface area contributed by atoms with Crippen LogP contribution in [0.1, 0.15) is 44.7 Å². The largest absolute Gasteiger partial charge is 0.488 e. The van der Waals surface area contributed by atoms with E-state index in [-0.39, 0.29) is 18.0 Å². The summed E-state index contributed by atoms with van der Waals surface area (Å²) in [6, 6.07) is 5.04. The molecule has 0 bridgehead atoms. The summed E-state index contributed by atoms with van der Waals surface area (Å²) in [5, 5.41) is 0.